The third-order valence-corrected chi connectivity index (χ3v) is 4.52. The molecule has 0 radical (unpaired) electrons. The van der Waals surface area contributed by atoms with Crippen molar-refractivity contribution < 1.29 is 24.3 Å². The van der Waals surface area contributed by atoms with Crippen molar-refractivity contribution in [1.82, 2.24) is 25.9 Å². The molecule has 0 bridgehead atoms. The number of carbonyl (C=O) groups is 4. The van der Waals surface area contributed by atoms with Gasteiger partial charge in [0, 0.05) is 30.6 Å². The highest BCUT2D eigenvalue weighted by Crippen LogP contribution is 2.01. The molecule has 0 aliphatic heterocycles. The lowest BCUT2D eigenvalue weighted by Crippen LogP contribution is -2.54. The van der Waals surface area contributed by atoms with Crippen LogP contribution in [0.2, 0.25) is 0 Å². The number of thiol groups is 1. The predicted octanol–water partition coefficient (Wildman–Crippen LogP) is -3.57. The SMILES string of the molecule is NC(N)=NCCCC(N)C(=O)NCC(=O)NC(Cc1cnc[nH]1)C(=O)NC(CS)C(=O)O. The number of nitrogens with two attached hydrogens (primary N) is 3. The average molecular weight is 472 g/mol. The number of hydrogen-bond acceptors (Lipinski definition) is 8. The van der Waals surface area contributed by atoms with Gasteiger partial charge in [-0.1, -0.05) is 0 Å². The van der Waals surface area contributed by atoms with Crippen LogP contribution >= 0.6 is 12.6 Å². The van der Waals surface area contributed by atoms with Gasteiger partial charge in [-0.3, -0.25) is 19.4 Å². The van der Waals surface area contributed by atoms with E-state index in [9.17, 15) is 19.2 Å². The Morgan fingerprint density at radius 3 is 2.47 bits per heavy atom. The molecule has 0 aliphatic rings. The summed E-state index contributed by atoms with van der Waals surface area (Å²) < 4.78 is 0. The molecule has 0 fully saturated rings. The molecule has 0 spiro atoms. The van der Waals surface area contributed by atoms with Crippen LogP contribution in [0.4, 0.5) is 0 Å². The quantitative estimate of drug-likeness (QED) is 0.0563. The number of guanidine groups is 1. The van der Waals surface area contributed by atoms with Crippen molar-refractivity contribution in [1.29, 1.82) is 0 Å². The summed E-state index contributed by atoms with van der Waals surface area (Å²) in [4.78, 5) is 58.4. The Bertz CT molecular complexity index is 798. The molecule has 1 heterocycles. The maximum atomic E-state index is 12.5. The number of rotatable bonds is 14. The van der Waals surface area contributed by atoms with E-state index < -0.39 is 48.4 Å². The predicted molar refractivity (Wildman–Crippen MR) is 119 cm³/mol. The van der Waals surface area contributed by atoms with Gasteiger partial charge in [-0.05, 0) is 12.8 Å². The lowest BCUT2D eigenvalue weighted by molar-refractivity contribution is -0.141. The number of carbonyl (C=O) groups excluding carboxylic acids is 3. The molecule has 32 heavy (non-hydrogen) atoms. The van der Waals surface area contributed by atoms with Gasteiger partial charge in [-0.25, -0.2) is 9.78 Å². The number of aliphatic imine (C=N–C) groups is 1. The molecular weight excluding hydrogens is 442 g/mol. The van der Waals surface area contributed by atoms with Crippen molar-refractivity contribution in [3.63, 3.8) is 0 Å². The summed E-state index contributed by atoms with van der Waals surface area (Å²) in [7, 11) is 0. The summed E-state index contributed by atoms with van der Waals surface area (Å²) in [6, 6.07) is -3.22. The summed E-state index contributed by atoms with van der Waals surface area (Å²) in [6.45, 7) is -0.111. The number of H-pyrrole nitrogens is 1. The average Bonchev–Trinajstić information content (AvgIpc) is 3.25. The zero-order valence-electron chi connectivity index (χ0n) is 17.3. The molecule has 0 saturated heterocycles. The first-order valence-electron chi connectivity index (χ1n) is 9.63. The molecule has 0 aliphatic carbocycles. The molecule has 3 unspecified atom stereocenters. The Hall–Kier alpha value is -3.33. The van der Waals surface area contributed by atoms with Crippen molar-refractivity contribution in [3.8, 4) is 0 Å². The van der Waals surface area contributed by atoms with E-state index in [0.29, 0.717) is 25.1 Å². The van der Waals surface area contributed by atoms with Crippen molar-refractivity contribution in [2.75, 3.05) is 18.8 Å². The first-order chi connectivity index (χ1) is 15.1. The molecule has 14 nitrogen and oxygen atoms in total. The summed E-state index contributed by atoms with van der Waals surface area (Å²) in [5, 5.41) is 16.3. The second-order valence-corrected chi connectivity index (χ2v) is 7.12. The summed E-state index contributed by atoms with van der Waals surface area (Å²) >= 11 is 3.89. The Labute approximate surface area is 189 Å². The van der Waals surface area contributed by atoms with Gasteiger partial charge in [0.15, 0.2) is 5.96 Å². The highest BCUT2D eigenvalue weighted by molar-refractivity contribution is 7.80. The molecule has 1 aromatic heterocycles. The van der Waals surface area contributed by atoms with Crippen LogP contribution in [-0.2, 0) is 25.6 Å². The number of nitrogens with one attached hydrogen (secondary N) is 4. The fraction of sp³-hybridized carbons (Fsp3) is 0.529. The molecule has 3 amide bonds. The van der Waals surface area contributed by atoms with Gasteiger partial charge < -0.3 is 43.2 Å². The number of imidazole rings is 1. The molecule has 3 atom stereocenters. The lowest BCUT2D eigenvalue weighted by atomic mass is 10.1. The Balaban J connectivity index is 2.61. The van der Waals surface area contributed by atoms with E-state index >= 15 is 0 Å². The van der Waals surface area contributed by atoms with Crippen LogP contribution in [0.3, 0.4) is 0 Å². The van der Waals surface area contributed by atoms with E-state index in [-0.39, 0.29) is 18.1 Å². The minimum atomic E-state index is -1.26. The maximum Gasteiger partial charge on any atom is 0.327 e. The number of aromatic nitrogens is 2. The number of aliphatic carboxylic acids is 1. The van der Waals surface area contributed by atoms with E-state index in [1.807, 2.05) is 0 Å². The topological polar surface area (TPSA) is 244 Å². The summed E-state index contributed by atoms with van der Waals surface area (Å²) in [5.74, 6) is -3.40. The molecule has 1 rings (SSSR count). The number of nitrogens with zero attached hydrogens (tertiary/aromatic N) is 2. The van der Waals surface area contributed by atoms with Crippen LogP contribution in [0.25, 0.3) is 0 Å². The Kier molecular flexibility index (Phi) is 11.6. The van der Waals surface area contributed by atoms with Gasteiger partial charge in [0.05, 0.1) is 18.9 Å². The highest BCUT2D eigenvalue weighted by Gasteiger charge is 2.26. The van der Waals surface area contributed by atoms with Crippen LogP contribution in [0.15, 0.2) is 17.5 Å². The van der Waals surface area contributed by atoms with Crippen LogP contribution in [-0.4, -0.2) is 81.7 Å². The molecule has 0 saturated carbocycles. The van der Waals surface area contributed by atoms with Crippen LogP contribution < -0.4 is 33.2 Å². The normalized spacial score (nSPS) is 13.3. The zero-order chi connectivity index (χ0) is 24.1. The van der Waals surface area contributed by atoms with E-state index in [0.717, 1.165) is 0 Å². The van der Waals surface area contributed by atoms with Crippen molar-refractivity contribution in [2.45, 2.75) is 37.4 Å². The summed E-state index contributed by atoms with van der Waals surface area (Å²) in [6.07, 6.45) is 3.66. The molecule has 0 aromatic carbocycles. The monoisotopic (exact) mass is 471 g/mol. The summed E-state index contributed by atoms with van der Waals surface area (Å²) in [5.41, 5.74) is 16.7. The van der Waals surface area contributed by atoms with Crippen molar-refractivity contribution in [3.05, 3.63) is 18.2 Å². The maximum absolute atomic E-state index is 12.5. The molecule has 15 heteroatoms. The molecular formula is C17H29N9O5S. The molecule has 11 N–H and O–H groups in total. The fourth-order valence-electron chi connectivity index (χ4n) is 2.48. The first kappa shape index (κ1) is 26.7. The van der Waals surface area contributed by atoms with E-state index in [2.05, 4.69) is 43.5 Å². The van der Waals surface area contributed by atoms with Gasteiger partial charge in [0.1, 0.15) is 12.1 Å². The zero-order valence-corrected chi connectivity index (χ0v) is 18.2. The second kappa shape index (κ2) is 13.9. The van der Waals surface area contributed by atoms with Crippen LogP contribution in [0.1, 0.15) is 18.5 Å². The van der Waals surface area contributed by atoms with Gasteiger partial charge in [-0.15, -0.1) is 0 Å². The molecule has 1 aromatic rings. The number of carboxylic acid groups (broad SMARTS) is 1. The highest BCUT2D eigenvalue weighted by atomic mass is 32.1. The van der Waals surface area contributed by atoms with Gasteiger partial charge >= 0.3 is 5.97 Å². The van der Waals surface area contributed by atoms with E-state index in [1.165, 1.54) is 12.5 Å². The van der Waals surface area contributed by atoms with Crippen LogP contribution in [0.5, 0.6) is 0 Å². The van der Waals surface area contributed by atoms with Gasteiger partial charge in [0.2, 0.25) is 17.7 Å². The Morgan fingerprint density at radius 1 is 1.19 bits per heavy atom. The number of aromatic amines is 1. The third-order valence-electron chi connectivity index (χ3n) is 4.16. The number of amides is 3. The van der Waals surface area contributed by atoms with E-state index in [1.54, 1.807) is 0 Å². The Morgan fingerprint density at radius 2 is 1.91 bits per heavy atom. The first-order valence-corrected chi connectivity index (χ1v) is 10.3. The van der Waals surface area contributed by atoms with Gasteiger partial charge in [-0.2, -0.15) is 12.6 Å². The van der Waals surface area contributed by atoms with Crippen molar-refractivity contribution >= 4 is 42.3 Å². The number of hydrogen-bond donors (Lipinski definition) is 9. The second-order valence-electron chi connectivity index (χ2n) is 6.76. The van der Waals surface area contributed by atoms with Crippen molar-refractivity contribution in [2.24, 2.45) is 22.2 Å². The smallest absolute Gasteiger partial charge is 0.327 e. The lowest BCUT2D eigenvalue weighted by Gasteiger charge is -2.20. The van der Waals surface area contributed by atoms with Gasteiger partial charge in [0.25, 0.3) is 0 Å². The minimum absolute atomic E-state index is 0.0226. The standard InChI is InChI=1S/C17H29N9O5S/c18-10(2-1-3-22-17(19)20)14(28)23-6-13(27)25-11(4-9-5-21-8-24-9)15(29)26-12(7-32)16(30)31/h5,8,10-12,32H,1-4,6-7,18H2,(H,21,24)(H,23,28)(H,25,27)(H,26,29)(H,30,31)(H4,19,20,22). The largest absolute Gasteiger partial charge is 0.480 e. The minimum Gasteiger partial charge on any atom is -0.480 e. The fourth-order valence-corrected chi connectivity index (χ4v) is 2.73. The molecule has 178 valence electrons. The van der Waals surface area contributed by atoms with E-state index in [4.69, 9.17) is 22.3 Å². The number of carboxylic acids is 1. The third kappa shape index (κ3) is 10.1. The van der Waals surface area contributed by atoms with Crippen LogP contribution in [0, 0.1) is 0 Å².